The van der Waals surface area contributed by atoms with Gasteiger partial charge in [0.1, 0.15) is 0 Å². The molecule has 0 rings (SSSR count). The maximum atomic E-state index is 3.28. The average molecular weight is 274 g/mol. The highest BCUT2D eigenvalue weighted by Crippen LogP contribution is 2.09. The van der Waals surface area contributed by atoms with Crippen LogP contribution in [0.2, 0.25) is 0 Å². The van der Waals surface area contributed by atoms with Crippen LogP contribution in [0.4, 0.5) is 0 Å². The Bertz CT molecular complexity index is 113. The number of halogens is 1. The summed E-state index contributed by atoms with van der Waals surface area (Å²) in [5.41, 5.74) is 0. The van der Waals surface area contributed by atoms with Gasteiger partial charge >= 0.3 is 23.1 Å². The summed E-state index contributed by atoms with van der Waals surface area (Å²) in [7, 11) is 0. The number of hydrogen-bond acceptors (Lipinski definition) is 0. The molecule has 0 nitrogen and oxygen atoms in total. The fraction of sp³-hybridized carbons (Fsp3) is 0.833. The van der Waals surface area contributed by atoms with Crippen molar-refractivity contribution in [3.63, 3.8) is 0 Å². The van der Waals surface area contributed by atoms with Gasteiger partial charge in [-0.2, -0.15) is 0 Å². The molecule has 0 bridgehead atoms. The zero-order chi connectivity index (χ0) is 9.78. The molecule has 2 heteroatoms. The van der Waals surface area contributed by atoms with Crippen LogP contribution in [0.5, 0.6) is 0 Å². The van der Waals surface area contributed by atoms with Crippen molar-refractivity contribution >= 4 is 39.0 Å². The molecule has 0 unspecified atom stereocenters. The van der Waals surface area contributed by atoms with E-state index in [1.54, 1.807) is 0 Å². The van der Waals surface area contributed by atoms with Gasteiger partial charge in [0, 0.05) is 0 Å². The van der Waals surface area contributed by atoms with E-state index in [1.165, 1.54) is 57.8 Å². The van der Waals surface area contributed by atoms with E-state index in [9.17, 15) is 0 Å². The summed E-state index contributed by atoms with van der Waals surface area (Å²) in [6.45, 7) is 2.27. The fourth-order valence-corrected chi connectivity index (χ4v) is 1.72. The van der Waals surface area contributed by atoms with E-state index in [1.807, 2.05) is 4.99 Å². The first kappa shape index (κ1) is 17.4. The first-order valence-corrected chi connectivity index (χ1v) is 6.58. The van der Waals surface area contributed by atoms with E-state index in [-0.39, 0.29) is 23.1 Å². The Balaban J connectivity index is 0. The lowest BCUT2D eigenvalue weighted by atomic mass is 10.1. The normalized spacial score (nSPS) is 10.4. The molecule has 0 aliphatic rings. The summed E-state index contributed by atoms with van der Waals surface area (Å²) in [4.78, 5) is 1.97. The number of hydrogen-bond donors (Lipinski definition) is 0. The minimum Gasteiger partial charge on any atom is -0.0776 e. The highest BCUT2D eigenvalue weighted by molar-refractivity contribution is 9.11. The second-order valence-electron chi connectivity index (χ2n) is 3.63. The molecule has 0 amide bonds. The van der Waals surface area contributed by atoms with Crippen LogP contribution in [0.15, 0.2) is 11.1 Å². The van der Waals surface area contributed by atoms with Crippen molar-refractivity contribution in [3.8, 4) is 0 Å². The highest BCUT2D eigenvalue weighted by Gasteiger charge is 1.89. The predicted octanol–water partition coefficient (Wildman–Crippen LogP) is 4.51. The third kappa shape index (κ3) is 15.5. The van der Waals surface area contributed by atoms with Crippen molar-refractivity contribution in [2.24, 2.45) is 0 Å². The van der Waals surface area contributed by atoms with Crippen molar-refractivity contribution in [2.75, 3.05) is 0 Å². The average Bonchev–Trinajstić information content (AvgIpc) is 2.16. The largest absolute Gasteiger partial charge is 0.316 e. The summed E-state index contributed by atoms with van der Waals surface area (Å²) >= 11 is 3.28. The lowest BCUT2D eigenvalue weighted by Crippen LogP contribution is -1.79. The minimum absolute atomic E-state index is 0. The van der Waals surface area contributed by atoms with Crippen LogP contribution in [-0.2, 0) is 0 Å². The maximum absolute atomic E-state index is 3.28. The summed E-state index contributed by atoms with van der Waals surface area (Å²) in [5, 5.41) is 0. The van der Waals surface area contributed by atoms with Gasteiger partial charge in [-0.25, -0.2) is 0 Å². The van der Waals surface area contributed by atoms with Gasteiger partial charge in [0.05, 0.1) is 0 Å². The zero-order valence-corrected chi connectivity index (χ0v) is 10.5. The van der Waals surface area contributed by atoms with Crippen LogP contribution < -0.4 is 0 Å². The quantitative estimate of drug-likeness (QED) is 0.428. The van der Waals surface area contributed by atoms with Crippen molar-refractivity contribution in [1.82, 2.24) is 0 Å². The van der Waals surface area contributed by atoms with Crippen LogP contribution in [-0.4, -0.2) is 23.1 Å². The molecule has 0 aliphatic heterocycles. The molecule has 0 spiro atoms. The second-order valence-corrected chi connectivity index (χ2v) is 4.15. The smallest absolute Gasteiger partial charge is 0.0776 e. The van der Waals surface area contributed by atoms with Crippen molar-refractivity contribution in [3.05, 3.63) is 11.1 Å². The summed E-state index contributed by atoms with van der Waals surface area (Å²) < 4.78 is 0. The predicted molar refractivity (Wildman–Crippen MR) is 73.8 cm³/mol. The molecule has 14 heavy (non-hydrogen) atoms. The standard InChI is InChI=1S/C12H23Br.Mg.2H/c1-2-3-4-5-6-7-8-9-10-11-12-13;;;/h11-12H,2-10H2,1H3;;;. The van der Waals surface area contributed by atoms with Crippen molar-refractivity contribution < 1.29 is 0 Å². The molecule has 0 aromatic heterocycles. The molecule has 0 atom stereocenters. The van der Waals surface area contributed by atoms with E-state index in [0.717, 1.165) is 0 Å². The third-order valence-corrected chi connectivity index (χ3v) is 2.69. The van der Waals surface area contributed by atoms with Gasteiger partial charge in [-0.1, -0.05) is 73.9 Å². The molecular weight excluding hydrogens is 248 g/mol. The maximum Gasteiger partial charge on any atom is 0.316 e. The Labute approximate surface area is 114 Å². The van der Waals surface area contributed by atoms with Crippen LogP contribution in [0, 0.1) is 0 Å². The van der Waals surface area contributed by atoms with E-state index in [4.69, 9.17) is 0 Å². The first-order valence-electron chi connectivity index (χ1n) is 5.67. The molecule has 0 saturated heterocycles. The van der Waals surface area contributed by atoms with Crippen LogP contribution in [0.25, 0.3) is 0 Å². The molecule has 82 valence electrons. The second kappa shape index (κ2) is 16.4. The summed E-state index contributed by atoms with van der Waals surface area (Å²) in [6, 6.07) is 0. The van der Waals surface area contributed by atoms with E-state index < -0.39 is 0 Å². The van der Waals surface area contributed by atoms with Gasteiger partial charge in [-0.3, -0.25) is 0 Å². The Morgan fingerprint density at radius 3 is 1.86 bits per heavy atom. The van der Waals surface area contributed by atoms with Gasteiger partial charge in [0.2, 0.25) is 0 Å². The molecular formula is C12H25BrMg. The van der Waals surface area contributed by atoms with E-state index >= 15 is 0 Å². The monoisotopic (exact) mass is 272 g/mol. The van der Waals surface area contributed by atoms with E-state index in [2.05, 4.69) is 28.9 Å². The highest BCUT2D eigenvalue weighted by atomic mass is 79.9. The molecule has 0 fully saturated rings. The Morgan fingerprint density at radius 1 is 0.857 bits per heavy atom. The van der Waals surface area contributed by atoms with E-state index in [0.29, 0.717) is 0 Å². The lowest BCUT2D eigenvalue weighted by Gasteiger charge is -1.99. The Hall–Kier alpha value is 0.986. The zero-order valence-electron chi connectivity index (χ0n) is 8.90. The lowest BCUT2D eigenvalue weighted by molar-refractivity contribution is 0.578. The molecule has 0 radical (unpaired) electrons. The molecule has 0 N–H and O–H groups in total. The topological polar surface area (TPSA) is 0 Å². The fourth-order valence-electron chi connectivity index (χ4n) is 1.46. The number of unbranched alkanes of at least 4 members (excludes halogenated alkanes) is 8. The third-order valence-electron chi connectivity index (χ3n) is 2.31. The Kier molecular flexibility index (Phi) is 20.4. The molecule has 0 aromatic rings. The van der Waals surface area contributed by atoms with Gasteiger partial charge in [0.15, 0.2) is 0 Å². The van der Waals surface area contributed by atoms with Crippen LogP contribution in [0.1, 0.15) is 64.7 Å². The van der Waals surface area contributed by atoms with Crippen molar-refractivity contribution in [2.45, 2.75) is 64.7 Å². The van der Waals surface area contributed by atoms with Crippen LogP contribution >= 0.6 is 15.9 Å². The van der Waals surface area contributed by atoms with Crippen molar-refractivity contribution in [1.29, 1.82) is 0 Å². The SMILES string of the molecule is CCCCCCCCCCC=CBr.[MgH2]. The summed E-state index contributed by atoms with van der Waals surface area (Å²) in [6.07, 6.45) is 14.7. The van der Waals surface area contributed by atoms with Gasteiger partial charge in [0.25, 0.3) is 0 Å². The van der Waals surface area contributed by atoms with Crippen LogP contribution in [0.3, 0.4) is 0 Å². The van der Waals surface area contributed by atoms with Gasteiger partial charge < -0.3 is 0 Å². The van der Waals surface area contributed by atoms with Gasteiger partial charge in [-0.05, 0) is 17.8 Å². The molecule has 0 saturated carbocycles. The Morgan fingerprint density at radius 2 is 1.36 bits per heavy atom. The molecule has 0 aromatic carbocycles. The number of allylic oxidation sites excluding steroid dienone is 1. The number of rotatable bonds is 9. The molecule has 0 heterocycles. The summed E-state index contributed by atoms with van der Waals surface area (Å²) in [5.74, 6) is 0. The minimum atomic E-state index is 0. The van der Waals surface area contributed by atoms with Gasteiger partial charge in [-0.15, -0.1) is 0 Å². The first-order chi connectivity index (χ1) is 6.41. The molecule has 0 aliphatic carbocycles.